The van der Waals surface area contributed by atoms with Gasteiger partial charge in [0, 0.05) is 84.5 Å². The number of hydrogen-bond acceptors (Lipinski definition) is 8. The van der Waals surface area contributed by atoms with Crippen LogP contribution in [-0.2, 0) is 0 Å². The highest BCUT2D eigenvalue weighted by Crippen LogP contribution is 2.25. The molecular weight excluding hydrogens is 857 g/mol. The Labute approximate surface area is 408 Å². The quantitative estimate of drug-likeness (QED) is 0.139. The Bertz CT molecular complexity index is 3490. The molecule has 8 nitrogen and oxygen atoms in total. The second-order valence-corrected chi connectivity index (χ2v) is 16.7. The van der Waals surface area contributed by atoms with Crippen LogP contribution in [0.3, 0.4) is 0 Å². The molecule has 0 bridgehead atoms. The van der Waals surface area contributed by atoms with Crippen LogP contribution in [0.4, 0.5) is 0 Å². The molecule has 0 saturated heterocycles. The summed E-state index contributed by atoms with van der Waals surface area (Å²) in [6.07, 6.45) is 9.00. The molecule has 0 radical (unpaired) electrons. The molecule has 0 saturated carbocycles. The lowest BCUT2D eigenvalue weighted by Gasteiger charge is -2.05. The first-order valence-corrected chi connectivity index (χ1v) is 23.2. The zero-order chi connectivity index (χ0) is 48.7. The third-order valence-corrected chi connectivity index (χ3v) is 11.8. The summed E-state index contributed by atoms with van der Waals surface area (Å²) in [7, 11) is 0. The molecule has 13 rings (SSSR count). The zero-order valence-electron chi connectivity index (χ0n) is 40.4. The summed E-state index contributed by atoms with van der Waals surface area (Å²) in [5.74, 6) is 0. The number of rotatable bonds is 0. The molecular formula is C62H54N8. The highest BCUT2D eigenvalue weighted by molar-refractivity contribution is 6.06. The second-order valence-electron chi connectivity index (χ2n) is 16.7. The minimum atomic E-state index is 0.989. The van der Waals surface area contributed by atoms with Crippen molar-refractivity contribution in [1.82, 2.24) is 40.1 Å². The van der Waals surface area contributed by atoms with E-state index in [1.165, 1.54) is 54.0 Å². The molecule has 6 heterocycles. The molecule has 70 heavy (non-hydrogen) atoms. The molecule has 342 valence electrons. The van der Waals surface area contributed by atoms with Gasteiger partial charge in [0.1, 0.15) is 6.33 Å². The van der Waals surface area contributed by atoms with Gasteiger partial charge in [-0.1, -0.05) is 158 Å². The molecule has 0 aliphatic carbocycles. The molecule has 0 atom stereocenters. The summed E-state index contributed by atoms with van der Waals surface area (Å²) in [5.41, 5.74) is 9.71. The van der Waals surface area contributed by atoms with Crippen LogP contribution >= 0.6 is 0 Å². The van der Waals surface area contributed by atoms with Crippen LogP contribution in [0.5, 0.6) is 0 Å². The maximum absolute atomic E-state index is 4.60. The van der Waals surface area contributed by atoms with Gasteiger partial charge in [0.15, 0.2) is 0 Å². The molecule has 7 aromatic carbocycles. The van der Waals surface area contributed by atoms with E-state index < -0.39 is 0 Å². The van der Waals surface area contributed by atoms with E-state index in [0.29, 0.717) is 0 Å². The molecule has 0 aliphatic heterocycles. The first-order chi connectivity index (χ1) is 34.2. The molecule has 8 heteroatoms. The van der Waals surface area contributed by atoms with Crippen LogP contribution < -0.4 is 0 Å². The van der Waals surface area contributed by atoms with Crippen molar-refractivity contribution in [3.63, 3.8) is 0 Å². The fraction of sp³-hybridized carbons (Fsp3) is 0.0968. The predicted molar refractivity (Wildman–Crippen MR) is 292 cm³/mol. The average Bonchev–Trinajstić information content (AvgIpc) is 3.40. The number of pyridine rings is 4. The summed E-state index contributed by atoms with van der Waals surface area (Å²) in [5, 5.41) is 21.3. The first kappa shape index (κ1) is 47.6. The van der Waals surface area contributed by atoms with Gasteiger partial charge < -0.3 is 0 Å². The highest BCUT2D eigenvalue weighted by atomic mass is 15.1. The normalized spacial score (nSPS) is 10.4. The van der Waals surface area contributed by atoms with Crippen molar-refractivity contribution in [2.75, 3.05) is 0 Å². The van der Waals surface area contributed by atoms with Gasteiger partial charge >= 0.3 is 0 Å². The largest absolute Gasteiger partial charge is 0.264 e. The number of aryl methyl sites for hydroxylation is 6. The Morgan fingerprint density at radius 3 is 1.50 bits per heavy atom. The molecule has 13 aromatic rings. The predicted octanol–water partition coefficient (Wildman–Crippen LogP) is 15.2. The molecule has 0 N–H and O–H groups in total. The van der Waals surface area contributed by atoms with Crippen LogP contribution in [0.15, 0.2) is 219 Å². The Morgan fingerprint density at radius 2 is 0.829 bits per heavy atom. The topological polar surface area (TPSA) is 103 Å². The van der Waals surface area contributed by atoms with Gasteiger partial charge in [-0.15, -0.1) is 0 Å². The van der Waals surface area contributed by atoms with Gasteiger partial charge in [0.25, 0.3) is 0 Å². The number of nitrogens with zero attached hydrogens (tertiary/aromatic N) is 8. The van der Waals surface area contributed by atoms with Crippen LogP contribution in [-0.4, -0.2) is 40.1 Å². The van der Waals surface area contributed by atoms with Crippen molar-refractivity contribution >= 4 is 75.8 Å². The van der Waals surface area contributed by atoms with Crippen molar-refractivity contribution in [3.05, 3.63) is 253 Å². The lowest BCUT2D eigenvalue weighted by Crippen LogP contribution is -1.86. The minimum Gasteiger partial charge on any atom is -0.264 e. The Hall–Kier alpha value is -8.88. The lowest BCUT2D eigenvalue weighted by molar-refractivity contribution is 1.00. The zero-order valence-corrected chi connectivity index (χ0v) is 40.4. The Kier molecular flexibility index (Phi) is 15.8. The fourth-order valence-electron chi connectivity index (χ4n) is 8.09. The van der Waals surface area contributed by atoms with Crippen LogP contribution in [0.25, 0.3) is 75.8 Å². The number of aromatic nitrogens is 8. The van der Waals surface area contributed by atoms with Gasteiger partial charge in [-0.25, -0.2) is 9.97 Å². The van der Waals surface area contributed by atoms with E-state index in [4.69, 9.17) is 0 Å². The molecule has 6 aromatic heterocycles. The third kappa shape index (κ3) is 12.0. The van der Waals surface area contributed by atoms with Gasteiger partial charge in [-0.2, -0.15) is 10.2 Å². The van der Waals surface area contributed by atoms with E-state index >= 15 is 0 Å². The number of fused-ring (bicyclic) bond motifs is 8. The van der Waals surface area contributed by atoms with Crippen LogP contribution in [0, 0.1) is 41.5 Å². The van der Waals surface area contributed by atoms with Gasteiger partial charge in [-0.3, -0.25) is 19.9 Å². The van der Waals surface area contributed by atoms with E-state index in [1.54, 1.807) is 12.5 Å². The maximum atomic E-state index is 4.60. The number of hydrogen-bond donors (Lipinski definition) is 0. The summed E-state index contributed by atoms with van der Waals surface area (Å²) >= 11 is 0. The molecule has 0 fully saturated rings. The summed E-state index contributed by atoms with van der Waals surface area (Å²) in [6, 6.07) is 63.7. The first-order valence-electron chi connectivity index (χ1n) is 23.2. The van der Waals surface area contributed by atoms with Crippen molar-refractivity contribution in [1.29, 1.82) is 0 Å². The highest BCUT2D eigenvalue weighted by Gasteiger charge is 2.03. The SMILES string of the molecule is Cc1ccc2ccccc2n1.Cc1cncc2ccccc12.Cc1nc2ccccc2c2ccccc12.Cc1nccc2ccccc12.Cc1ncnc2ccccc12.Cc1nncc2ccccc12. The van der Waals surface area contributed by atoms with Crippen LogP contribution in [0.2, 0.25) is 0 Å². The minimum absolute atomic E-state index is 0.989. The van der Waals surface area contributed by atoms with E-state index in [9.17, 15) is 0 Å². The monoisotopic (exact) mass is 910 g/mol. The smallest absolute Gasteiger partial charge is 0.116 e. The van der Waals surface area contributed by atoms with Gasteiger partial charge in [-0.05, 0) is 93.6 Å². The Balaban J connectivity index is 0.000000113. The fourth-order valence-corrected chi connectivity index (χ4v) is 8.09. The summed E-state index contributed by atoms with van der Waals surface area (Å²) in [4.78, 5) is 25.5. The maximum Gasteiger partial charge on any atom is 0.116 e. The standard InChI is InChI=1S/C14H11N.3C10H9N.2C9H8N2/c1-10-11-6-2-3-7-12(11)13-8-4-5-9-14(13)15-10;1-8-6-11-7-9-4-2-3-5-10(8)9;1-8-10-5-3-2-4-9(10)6-7-11-8;1-8-6-7-9-4-2-3-5-10(9)11-8;1-7-8-4-2-3-5-9(8)11-6-10-7;1-7-9-5-3-2-4-8(9)6-10-11-7/h2-9H,1H3;3*2-7H,1H3;2*2-6H,1H3. The van der Waals surface area contributed by atoms with Gasteiger partial charge in [0.2, 0.25) is 0 Å². The van der Waals surface area contributed by atoms with E-state index in [-0.39, 0.29) is 0 Å². The molecule has 0 amide bonds. The molecule has 0 spiro atoms. The van der Waals surface area contributed by atoms with E-state index in [2.05, 4.69) is 145 Å². The third-order valence-electron chi connectivity index (χ3n) is 11.8. The number of para-hydroxylation sites is 3. The average molecular weight is 911 g/mol. The van der Waals surface area contributed by atoms with E-state index in [1.807, 2.05) is 143 Å². The summed E-state index contributed by atoms with van der Waals surface area (Å²) in [6.45, 7) is 12.1. The van der Waals surface area contributed by atoms with E-state index in [0.717, 1.165) is 55.8 Å². The Morgan fingerprint density at radius 1 is 0.300 bits per heavy atom. The van der Waals surface area contributed by atoms with Crippen molar-refractivity contribution in [2.24, 2.45) is 0 Å². The number of benzene rings is 7. The second kappa shape index (κ2) is 23.2. The van der Waals surface area contributed by atoms with Crippen molar-refractivity contribution < 1.29 is 0 Å². The lowest BCUT2D eigenvalue weighted by atomic mass is 10.0. The molecule has 0 aliphatic rings. The summed E-state index contributed by atoms with van der Waals surface area (Å²) < 4.78 is 0. The van der Waals surface area contributed by atoms with Gasteiger partial charge in [0.05, 0.1) is 28.4 Å². The molecule has 0 unspecified atom stereocenters. The van der Waals surface area contributed by atoms with Crippen molar-refractivity contribution in [2.45, 2.75) is 41.5 Å². The van der Waals surface area contributed by atoms with Crippen LogP contribution in [0.1, 0.15) is 34.0 Å². The van der Waals surface area contributed by atoms with Crippen molar-refractivity contribution in [3.8, 4) is 0 Å².